The summed E-state index contributed by atoms with van der Waals surface area (Å²) < 4.78 is 6.12. The number of fused-ring (bicyclic) bond motifs is 1. The molecule has 0 spiro atoms. The van der Waals surface area contributed by atoms with Gasteiger partial charge in [0.15, 0.2) is 6.10 Å². The molecule has 1 heterocycles. The molecule has 1 amide bonds. The van der Waals surface area contributed by atoms with E-state index in [2.05, 4.69) is 21.2 Å². The van der Waals surface area contributed by atoms with E-state index in [0.29, 0.717) is 17.7 Å². The zero-order chi connectivity index (χ0) is 15.7. The number of ether oxygens (including phenoxy) is 1. The van der Waals surface area contributed by atoms with E-state index in [1.54, 1.807) is 12.1 Å². The molecule has 1 aliphatic heterocycles. The van der Waals surface area contributed by atoms with Gasteiger partial charge in [-0.2, -0.15) is 0 Å². The molecular weight excluding hydrogens is 346 g/mol. The average molecular weight is 360 g/mol. The van der Waals surface area contributed by atoms with Crippen LogP contribution in [0.4, 0.5) is 5.69 Å². The fourth-order valence-corrected chi connectivity index (χ4v) is 2.78. The number of nitrogens with one attached hydrogen (secondary N) is 1. The topological polar surface area (TPSA) is 55.4 Å². The second-order valence-electron chi connectivity index (χ2n) is 5.25. The van der Waals surface area contributed by atoms with Crippen molar-refractivity contribution in [3.63, 3.8) is 0 Å². The van der Waals surface area contributed by atoms with Crippen LogP contribution in [0.1, 0.15) is 21.5 Å². The Morgan fingerprint density at radius 2 is 1.95 bits per heavy atom. The van der Waals surface area contributed by atoms with Crippen LogP contribution in [0.15, 0.2) is 46.9 Å². The van der Waals surface area contributed by atoms with E-state index in [1.807, 2.05) is 37.3 Å². The summed E-state index contributed by atoms with van der Waals surface area (Å²) in [6, 6.07) is 12.8. The molecule has 0 fully saturated rings. The summed E-state index contributed by atoms with van der Waals surface area (Å²) in [6.45, 7) is 1.98. The van der Waals surface area contributed by atoms with E-state index in [4.69, 9.17) is 4.74 Å². The lowest BCUT2D eigenvalue weighted by molar-refractivity contribution is -0.125. The molecule has 0 aromatic heterocycles. The number of benzene rings is 2. The molecule has 1 atom stereocenters. The van der Waals surface area contributed by atoms with E-state index in [9.17, 15) is 9.59 Å². The van der Waals surface area contributed by atoms with Crippen LogP contribution in [0.25, 0.3) is 0 Å². The number of amides is 1. The van der Waals surface area contributed by atoms with Crippen molar-refractivity contribution in [1.29, 1.82) is 0 Å². The summed E-state index contributed by atoms with van der Waals surface area (Å²) in [4.78, 5) is 24.3. The van der Waals surface area contributed by atoms with Crippen LogP contribution in [0.2, 0.25) is 0 Å². The molecule has 5 heteroatoms. The molecule has 22 heavy (non-hydrogen) atoms. The third kappa shape index (κ3) is 3.04. The van der Waals surface area contributed by atoms with Gasteiger partial charge in [-0.05, 0) is 42.8 Å². The Balaban J connectivity index is 1.77. The highest BCUT2D eigenvalue weighted by Gasteiger charge is 2.31. The van der Waals surface area contributed by atoms with E-state index < -0.39 is 12.1 Å². The van der Waals surface area contributed by atoms with Gasteiger partial charge in [-0.25, -0.2) is 4.79 Å². The molecule has 0 aliphatic carbocycles. The van der Waals surface area contributed by atoms with Crippen LogP contribution in [-0.4, -0.2) is 18.0 Å². The number of carbonyl (C=O) groups excluding carboxylic acids is 2. The summed E-state index contributed by atoms with van der Waals surface area (Å²) in [5.74, 6) is -0.777. The summed E-state index contributed by atoms with van der Waals surface area (Å²) in [7, 11) is 0. The fraction of sp³-hybridized carbons (Fsp3) is 0.176. The van der Waals surface area contributed by atoms with Gasteiger partial charge in [0, 0.05) is 16.6 Å². The number of esters is 1. The largest absolute Gasteiger partial charge is 0.448 e. The highest BCUT2D eigenvalue weighted by molar-refractivity contribution is 9.10. The number of rotatable bonds is 2. The third-order valence-corrected chi connectivity index (χ3v) is 4.05. The van der Waals surface area contributed by atoms with Crippen LogP contribution >= 0.6 is 15.9 Å². The summed E-state index contributed by atoms with van der Waals surface area (Å²) in [6.07, 6.45) is -0.436. The third-order valence-electron chi connectivity index (χ3n) is 3.55. The lowest BCUT2D eigenvalue weighted by Crippen LogP contribution is -2.38. The minimum atomic E-state index is -0.810. The van der Waals surface area contributed by atoms with Gasteiger partial charge >= 0.3 is 5.97 Å². The number of halogens is 1. The maximum Gasteiger partial charge on any atom is 0.339 e. The Hall–Kier alpha value is -2.14. The van der Waals surface area contributed by atoms with Crippen molar-refractivity contribution in [1.82, 2.24) is 0 Å². The molecule has 1 aliphatic rings. The number of aryl methyl sites for hydroxylation is 1. The van der Waals surface area contributed by atoms with Crippen molar-refractivity contribution in [3.05, 3.63) is 63.6 Å². The Morgan fingerprint density at radius 1 is 1.23 bits per heavy atom. The first-order chi connectivity index (χ1) is 10.5. The van der Waals surface area contributed by atoms with Crippen molar-refractivity contribution in [2.75, 3.05) is 5.32 Å². The predicted octanol–water partition coefficient (Wildman–Crippen LogP) is 3.48. The van der Waals surface area contributed by atoms with E-state index in [1.165, 1.54) is 0 Å². The molecule has 0 saturated heterocycles. The quantitative estimate of drug-likeness (QED) is 0.835. The Morgan fingerprint density at radius 3 is 2.68 bits per heavy atom. The number of hydrogen-bond acceptors (Lipinski definition) is 3. The van der Waals surface area contributed by atoms with E-state index >= 15 is 0 Å². The van der Waals surface area contributed by atoms with Gasteiger partial charge in [-0.1, -0.05) is 33.6 Å². The van der Waals surface area contributed by atoms with Crippen molar-refractivity contribution in [3.8, 4) is 0 Å². The van der Waals surface area contributed by atoms with E-state index in [0.717, 1.165) is 15.6 Å². The molecule has 112 valence electrons. The molecular formula is C17H14BrNO3. The Kier molecular flexibility index (Phi) is 3.98. The number of cyclic esters (lactones) is 1. The summed E-state index contributed by atoms with van der Waals surface area (Å²) in [5.41, 5.74) is 3.13. The molecule has 2 aromatic carbocycles. The predicted molar refractivity (Wildman–Crippen MR) is 86.9 cm³/mol. The second kappa shape index (κ2) is 5.93. The SMILES string of the molecule is Cc1ccc(NC(=O)C2Cc3cc(Br)ccc3C(=O)O2)cc1. The van der Waals surface area contributed by atoms with Gasteiger partial charge in [0.25, 0.3) is 5.91 Å². The number of anilines is 1. The van der Waals surface area contributed by atoms with Crippen LogP contribution < -0.4 is 5.32 Å². The van der Waals surface area contributed by atoms with Crippen LogP contribution in [-0.2, 0) is 16.0 Å². The molecule has 0 bridgehead atoms. The van der Waals surface area contributed by atoms with Crippen molar-refractivity contribution in [2.24, 2.45) is 0 Å². The maximum atomic E-state index is 12.3. The second-order valence-corrected chi connectivity index (χ2v) is 6.17. The van der Waals surface area contributed by atoms with E-state index in [-0.39, 0.29) is 5.91 Å². The van der Waals surface area contributed by atoms with Gasteiger partial charge in [-0.3, -0.25) is 4.79 Å². The van der Waals surface area contributed by atoms with Gasteiger partial charge in [0.2, 0.25) is 0 Å². The Bertz CT molecular complexity index is 740. The van der Waals surface area contributed by atoms with Crippen LogP contribution in [0.5, 0.6) is 0 Å². The van der Waals surface area contributed by atoms with Crippen molar-refractivity contribution < 1.29 is 14.3 Å². The first kappa shape index (κ1) is 14.8. The lowest BCUT2D eigenvalue weighted by Gasteiger charge is -2.24. The van der Waals surface area contributed by atoms with Crippen LogP contribution in [0.3, 0.4) is 0 Å². The maximum absolute atomic E-state index is 12.3. The molecule has 1 N–H and O–H groups in total. The minimum absolute atomic E-state index is 0.317. The first-order valence-corrected chi connectivity index (χ1v) is 7.69. The average Bonchev–Trinajstić information content (AvgIpc) is 2.49. The highest BCUT2D eigenvalue weighted by Crippen LogP contribution is 2.25. The monoisotopic (exact) mass is 359 g/mol. The van der Waals surface area contributed by atoms with Crippen molar-refractivity contribution in [2.45, 2.75) is 19.4 Å². The zero-order valence-corrected chi connectivity index (χ0v) is 13.5. The lowest BCUT2D eigenvalue weighted by atomic mass is 9.98. The molecule has 3 rings (SSSR count). The standard InChI is InChI=1S/C17H14BrNO3/c1-10-2-5-13(6-3-10)19-16(20)15-9-11-8-12(18)4-7-14(11)17(21)22-15/h2-8,15H,9H2,1H3,(H,19,20). The molecule has 0 radical (unpaired) electrons. The fourth-order valence-electron chi connectivity index (χ4n) is 2.37. The zero-order valence-electron chi connectivity index (χ0n) is 11.9. The van der Waals surface area contributed by atoms with Crippen molar-refractivity contribution >= 4 is 33.5 Å². The minimum Gasteiger partial charge on any atom is -0.448 e. The highest BCUT2D eigenvalue weighted by atomic mass is 79.9. The molecule has 4 nitrogen and oxygen atoms in total. The smallest absolute Gasteiger partial charge is 0.339 e. The van der Waals surface area contributed by atoms with Gasteiger partial charge in [0.05, 0.1) is 5.56 Å². The van der Waals surface area contributed by atoms with Gasteiger partial charge in [0.1, 0.15) is 0 Å². The molecule has 0 saturated carbocycles. The summed E-state index contributed by atoms with van der Waals surface area (Å²) >= 11 is 3.38. The normalized spacial score (nSPS) is 16.6. The van der Waals surface area contributed by atoms with Gasteiger partial charge in [-0.15, -0.1) is 0 Å². The Labute approximate surface area is 136 Å². The van der Waals surface area contributed by atoms with Gasteiger partial charge < -0.3 is 10.1 Å². The summed E-state index contributed by atoms with van der Waals surface area (Å²) in [5, 5.41) is 2.78. The van der Waals surface area contributed by atoms with Crippen LogP contribution in [0, 0.1) is 6.92 Å². The first-order valence-electron chi connectivity index (χ1n) is 6.90. The number of carbonyl (C=O) groups is 2. The molecule has 2 aromatic rings. The number of hydrogen-bond donors (Lipinski definition) is 1. The molecule has 1 unspecified atom stereocenters.